The Labute approximate surface area is 107 Å². The lowest BCUT2D eigenvalue weighted by Crippen LogP contribution is -2.23. The first-order chi connectivity index (χ1) is 7.58. The third kappa shape index (κ3) is 3.35. The summed E-state index contributed by atoms with van der Waals surface area (Å²) in [6.07, 6.45) is -0.856. The lowest BCUT2D eigenvalue weighted by molar-refractivity contribution is 0.105. The lowest BCUT2D eigenvalue weighted by Gasteiger charge is -2.12. The maximum atomic E-state index is 9.16. The van der Waals surface area contributed by atoms with Gasteiger partial charge in [-0.2, -0.15) is 5.26 Å². The monoisotopic (exact) mass is 304 g/mol. The fourth-order valence-corrected chi connectivity index (χ4v) is 1.86. The fourth-order valence-electron chi connectivity index (χ4n) is 1.06. The first-order valence-corrected chi connectivity index (χ1v) is 5.67. The van der Waals surface area contributed by atoms with Crippen molar-refractivity contribution in [1.82, 2.24) is 0 Å². The molecule has 16 heavy (non-hydrogen) atoms. The van der Waals surface area contributed by atoms with Gasteiger partial charge in [0.2, 0.25) is 0 Å². The van der Waals surface area contributed by atoms with Crippen LogP contribution < -0.4 is 5.32 Å². The van der Waals surface area contributed by atoms with E-state index in [9.17, 15) is 0 Å². The summed E-state index contributed by atoms with van der Waals surface area (Å²) < 4.78 is 0.619. The minimum Gasteiger partial charge on any atom is -0.394 e. The zero-order valence-corrected chi connectivity index (χ0v) is 10.6. The highest BCUT2D eigenvalue weighted by Gasteiger charge is 2.08. The molecule has 0 saturated heterocycles. The van der Waals surface area contributed by atoms with Crippen molar-refractivity contribution in [3.8, 4) is 6.07 Å². The Hall–Kier alpha value is -0.800. The zero-order chi connectivity index (χ0) is 12.1. The van der Waals surface area contributed by atoms with E-state index in [0.717, 1.165) is 0 Å². The van der Waals surface area contributed by atoms with Gasteiger partial charge in [-0.25, -0.2) is 0 Å². The van der Waals surface area contributed by atoms with Gasteiger partial charge >= 0.3 is 0 Å². The Balaban J connectivity index is 2.84. The molecule has 0 amide bonds. The second-order valence-corrected chi connectivity index (χ2v) is 4.40. The predicted octanol–water partition coefficient (Wildman–Crippen LogP) is 1.74. The summed E-state index contributed by atoms with van der Waals surface area (Å²) in [5.74, 6) is 0. The Bertz CT molecular complexity index is 420. The number of halogens is 2. The molecule has 0 aliphatic heterocycles. The van der Waals surface area contributed by atoms with Crippen molar-refractivity contribution in [2.75, 3.05) is 18.5 Å². The third-order valence-corrected chi connectivity index (χ3v) is 2.88. The number of hydrogen-bond acceptors (Lipinski definition) is 4. The van der Waals surface area contributed by atoms with E-state index in [2.05, 4.69) is 21.2 Å². The molecule has 0 heterocycles. The van der Waals surface area contributed by atoms with Gasteiger partial charge in [-0.05, 0) is 28.1 Å². The van der Waals surface area contributed by atoms with Crippen molar-refractivity contribution in [2.45, 2.75) is 6.10 Å². The second kappa shape index (κ2) is 6.06. The number of anilines is 1. The minimum absolute atomic E-state index is 0.169. The van der Waals surface area contributed by atoms with Crippen molar-refractivity contribution in [3.63, 3.8) is 0 Å². The van der Waals surface area contributed by atoms with Gasteiger partial charge in [-0.15, -0.1) is 0 Å². The van der Waals surface area contributed by atoms with Crippen LogP contribution in [0.1, 0.15) is 5.56 Å². The number of hydrogen-bond donors (Lipinski definition) is 3. The normalized spacial score (nSPS) is 11.9. The molecule has 0 spiro atoms. The van der Waals surface area contributed by atoms with Gasteiger partial charge in [0.05, 0.1) is 29.0 Å². The number of benzene rings is 1. The highest BCUT2D eigenvalue weighted by Crippen LogP contribution is 2.29. The minimum atomic E-state index is -0.856. The molecule has 1 aromatic rings. The van der Waals surface area contributed by atoms with E-state index in [1.54, 1.807) is 12.1 Å². The van der Waals surface area contributed by atoms with E-state index in [0.29, 0.717) is 20.7 Å². The SMILES string of the molecule is N#Cc1cc(NCC(O)CO)c(Cl)cc1Br. The van der Waals surface area contributed by atoms with Crippen molar-refractivity contribution in [3.05, 3.63) is 27.2 Å². The molecule has 1 rings (SSSR count). The molecule has 1 unspecified atom stereocenters. The van der Waals surface area contributed by atoms with Crippen LogP contribution in [0.15, 0.2) is 16.6 Å². The Morgan fingerprint density at radius 1 is 1.56 bits per heavy atom. The maximum absolute atomic E-state index is 9.16. The summed E-state index contributed by atoms with van der Waals surface area (Å²) in [5.41, 5.74) is 0.999. The van der Waals surface area contributed by atoms with Gasteiger partial charge in [0.1, 0.15) is 6.07 Å². The highest BCUT2D eigenvalue weighted by molar-refractivity contribution is 9.10. The van der Waals surface area contributed by atoms with E-state index < -0.39 is 6.10 Å². The van der Waals surface area contributed by atoms with Gasteiger partial charge in [0.25, 0.3) is 0 Å². The van der Waals surface area contributed by atoms with E-state index >= 15 is 0 Å². The quantitative estimate of drug-likeness (QED) is 0.792. The van der Waals surface area contributed by atoms with Crippen LogP contribution >= 0.6 is 27.5 Å². The molecule has 0 fully saturated rings. The molecular formula is C10H10BrClN2O2. The number of nitrogens with zero attached hydrogens (tertiary/aromatic N) is 1. The van der Waals surface area contributed by atoms with Crippen LogP contribution in [0.4, 0.5) is 5.69 Å². The van der Waals surface area contributed by atoms with Crippen LogP contribution in [-0.4, -0.2) is 29.5 Å². The van der Waals surface area contributed by atoms with Crippen LogP contribution in [0, 0.1) is 11.3 Å². The summed E-state index contributed by atoms with van der Waals surface area (Å²) in [4.78, 5) is 0. The molecule has 0 radical (unpaired) electrons. The smallest absolute Gasteiger partial charge is 0.100 e. The van der Waals surface area contributed by atoms with Crippen LogP contribution in [0.3, 0.4) is 0 Å². The summed E-state index contributed by atoms with van der Waals surface area (Å²) in [6, 6.07) is 5.19. The Morgan fingerprint density at radius 3 is 2.81 bits per heavy atom. The largest absolute Gasteiger partial charge is 0.394 e. The molecule has 86 valence electrons. The van der Waals surface area contributed by atoms with Crippen molar-refractivity contribution >= 4 is 33.2 Å². The Kier molecular flexibility index (Phi) is 5.03. The summed E-state index contributed by atoms with van der Waals surface area (Å²) in [5, 5.41) is 29.9. The number of nitriles is 1. The average molecular weight is 306 g/mol. The van der Waals surface area contributed by atoms with Gasteiger partial charge in [0, 0.05) is 11.0 Å². The van der Waals surface area contributed by atoms with Crippen LogP contribution in [0.25, 0.3) is 0 Å². The van der Waals surface area contributed by atoms with Gasteiger partial charge in [0.15, 0.2) is 0 Å². The van der Waals surface area contributed by atoms with Gasteiger partial charge in [-0.3, -0.25) is 0 Å². The number of nitrogens with one attached hydrogen (secondary N) is 1. The molecule has 3 N–H and O–H groups in total. The van der Waals surface area contributed by atoms with E-state index in [1.807, 2.05) is 6.07 Å². The van der Waals surface area contributed by atoms with E-state index in [-0.39, 0.29) is 13.2 Å². The average Bonchev–Trinajstić information content (AvgIpc) is 2.27. The summed E-state index contributed by atoms with van der Waals surface area (Å²) in [7, 11) is 0. The van der Waals surface area contributed by atoms with Crippen LogP contribution in [-0.2, 0) is 0 Å². The standard InChI is InChI=1S/C10H10BrClN2O2/c11-8-2-9(12)10(1-6(8)3-13)14-4-7(16)5-15/h1-2,7,14-16H,4-5H2. The third-order valence-electron chi connectivity index (χ3n) is 1.92. The molecule has 0 saturated carbocycles. The first kappa shape index (κ1) is 13.3. The molecule has 0 aliphatic carbocycles. The molecule has 4 nitrogen and oxygen atoms in total. The molecule has 0 aliphatic rings. The van der Waals surface area contributed by atoms with Crippen molar-refractivity contribution in [2.24, 2.45) is 0 Å². The van der Waals surface area contributed by atoms with Gasteiger partial charge in [-0.1, -0.05) is 11.6 Å². The molecule has 1 atom stereocenters. The Morgan fingerprint density at radius 2 is 2.25 bits per heavy atom. The summed E-state index contributed by atoms with van der Waals surface area (Å²) in [6.45, 7) is -0.158. The number of rotatable bonds is 4. The second-order valence-electron chi connectivity index (χ2n) is 3.14. The lowest BCUT2D eigenvalue weighted by atomic mass is 10.2. The van der Waals surface area contributed by atoms with E-state index in [4.69, 9.17) is 27.1 Å². The number of aliphatic hydroxyl groups excluding tert-OH is 2. The first-order valence-electron chi connectivity index (χ1n) is 4.50. The number of aliphatic hydroxyl groups is 2. The van der Waals surface area contributed by atoms with Crippen LogP contribution in [0.2, 0.25) is 5.02 Å². The van der Waals surface area contributed by atoms with Gasteiger partial charge < -0.3 is 15.5 Å². The maximum Gasteiger partial charge on any atom is 0.100 e. The highest BCUT2D eigenvalue weighted by atomic mass is 79.9. The molecule has 0 aromatic heterocycles. The predicted molar refractivity (Wildman–Crippen MR) is 65.4 cm³/mol. The van der Waals surface area contributed by atoms with Crippen molar-refractivity contribution in [1.29, 1.82) is 5.26 Å². The topological polar surface area (TPSA) is 76.3 Å². The summed E-state index contributed by atoms with van der Waals surface area (Å²) >= 11 is 9.15. The molecule has 6 heteroatoms. The van der Waals surface area contributed by atoms with Crippen molar-refractivity contribution < 1.29 is 10.2 Å². The molecule has 0 bridgehead atoms. The molecule has 1 aromatic carbocycles. The molecular weight excluding hydrogens is 295 g/mol. The fraction of sp³-hybridized carbons (Fsp3) is 0.300. The zero-order valence-electron chi connectivity index (χ0n) is 8.24. The van der Waals surface area contributed by atoms with E-state index in [1.165, 1.54) is 0 Å². The van der Waals surface area contributed by atoms with Crippen LogP contribution in [0.5, 0.6) is 0 Å².